The third kappa shape index (κ3) is 15.6. The molecule has 0 bridgehead atoms. The highest BCUT2D eigenvalue weighted by atomic mass is 32.1. The van der Waals surface area contributed by atoms with E-state index in [2.05, 4.69) is 21.7 Å². The minimum atomic E-state index is -0.911. The second kappa shape index (κ2) is 26.4. The number of carbonyl (C=O) groups is 7. The topological polar surface area (TPSA) is 265 Å². The minimum absolute atomic E-state index is 0.00206. The van der Waals surface area contributed by atoms with Crippen LogP contribution in [0.1, 0.15) is 126 Å². The fraction of sp³-hybridized carbons (Fsp3) is 0.509. The van der Waals surface area contributed by atoms with Crippen molar-refractivity contribution in [2.45, 2.75) is 168 Å². The van der Waals surface area contributed by atoms with Crippen molar-refractivity contribution in [3.8, 4) is 10.4 Å². The van der Waals surface area contributed by atoms with Gasteiger partial charge >= 0.3 is 0 Å². The van der Waals surface area contributed by atoms with Crippen LogP contribution in [0.4, 0.5) is 5.69 Å². The zero-order valence-corrected chi connectivity index (χ0v) is 45.0. The van der Waals surface area contributed by atoms with Crippen molar-refractivity contribution < 1.29 is 48.5 Å². The predicted molar refractivity (Wildman–Crippen MR) is 287 cm³/mol. The molecule has 1 aromatic heterocycles. The van der Waals surface area contributed by atoms with Gasteiger partial charge in [0.2, 0.25) is 29.5 Å². The van der Waals surface area contributed by atoms with E-state index in [4.69, 9.17) is 26.1 Å². The van der Waals surface area contributed by atoms with Crippen molar-refractivity contribution in [2.75, 3.05) is 11.4 Å². The Morgan fingerprint density at radius 3 is 2.29 bits per heavy atom. The molecular formula is C57H75N7O10S. The molecule has 4 aromatic rings. The normalized spacial score (nSPS) is 19.2. The van der Waals surface area contributed by atoms with Gasteiger partial charge in [-0.2, -0.15) is 0 Å². The van der Waals surface area contributed by atoms with Crippen molar-refractivity contribution >= 4 is 58.3 Å². The number of nitrogens with zero attached hydrogens (tertiary/aromatic N) is 3. The molecule has 0 saturated carbocycles. The lowest BCUT2D eigenvalue weighted by Gasteiger charge is -2.35. The summed E-state index contributed by atoms with van der Waals surface area (Å²) in [5.74, 6) is -2.95. The number of carboxylic acids is 1. The molecule has 3 aromatic carbocycles. The van der Waals surface area contributed by atoms with Gasteiger partial charge in [-0.15, -0.1) is 11.3 Å². The number of ketones is 1. The van der Waals surface area contributed by atoms with E-state index >= 15 is 0 Å². The quantitative estimate of drug-likeness (QED) is 0.0488. The molecule has 1 saturated heterocycles. The molecule has 4 heterocycles. The number of aliphatic hydroxyl groups excluding tert-OH is 1. The number of para-hydroxylation sites is 1. The predicted octanol–water partition coefficient (Wildman–Crippen LogP) is 6.10. The van der Waals surface area contributed by atoms with Gasteiger partial charge in [-0.05, 0) is 97.1 Å². The van der Waals surface area contributed by atoms with E-state index in [0.29, 0.717) is 38.7 Å². The van der Waals surface area contributed by atoms with E-state index in [0.717, 1.165) is 75.8 Å². The maximum atomic E-state index is 14.2. The van der Waals surface area contributed by atoms with Crippen molar-refractivity contribution in [1.82, 2.24) is 20.5 Å². The molecule has 0 unspecified atom stereocenters. The highest BCUT2D eigenvalue weighted by Gasteiger charge is 2.45. The van der Waals surface area contributed by atoms with Crippen molar-refractivity contribution in [3.05, 3.63) is 106 Å². The molecule has 17 nitrogen and oxygen atoms in total. The van der Waals surface area contributed by atoms with Gasteiger partial charge in [0.1, 0.15) is 12.1 Å². The number of aliphatic carboxylic acids is 1. The van der Waals surface area contributed by atoms with Crippen LogP contribution in [0.3, 0.4) is 0 Å². The molecule has 1 fully saturated rings. The van der Waals surface area contributed by atoms with Crippen LogP contribution in [-0.2, 0) is 70.7 Å². The van der Waals surface area contributed by atoms with Gasteiger partial charge in [0.05, 0.1) is 52.7 Å². The summed E-state index contributed by atoms with van der Waals surface area (Å²) in [5.41, 5.74) is 20.8. The van der Waals surface area contributed by atoms with Crippen molar-refractivity contribution in [1.29, 1.82) is 0 Å². The first-order valence-corrected chi connectivity index (χ1v) is 26.9. The van der Waals surface area contributed by atoms with Gasteiger partial charge in [0, 0.05) is 52.1 Å². The first kappa shape index (κ1) is 57.9. The number of primary amides is 1. The van der Waals surface area contributed by atoms with Crippen molar-refractivity contribution in [2.24, 2.45) is 22.8 Å². The van der Waals surface area contributed by atoms with E-state index in [1.807, 2.05) is 101 Å². The molecule has 8 N–H and O–H groups in total. The molecule has 3 aliphatic rings. The number of aromatic nitrogens is 1. The van der Waals surface area contributed by atoms with Crippen LogP contribution in [0, 0.1) is 18.3 Å². The van der Waals surface area contributed by atoms with Crippen LogP contribution in [0.15, 0.2) is 72.2 Å². The Morgan fingerprint density at radius 2 is 1.63 bits per heavy atom. The number of carboxylic acid groups (broad SMARTS) is 1. The van der Waals surface area contributed by atoms with Gasteiger partial charge in [-0.25, -0.2) is 4.98 Å². The van der Waals surface area contributed by atoms with Crippen LogP contribution in [0.2, 0.25) is 0 Å². The standard InChI is InChI=1S/C55H71N7O8S.C2H4O2/c1-33-50(71-32-59-33)38-20-18-35(19-21-38)29-58-52(67)45-28-42(63)30-61(45)54(69)51(55(3,4)5)60-48(66)17-8-6-7-12-36-13-9-10-14-41(36)31-70-34(2)39(23-25-47(57)65)27-46(64)44-26-40-16-11-15-37-22-24-43(56)53(68)62(44)49(37)40;1-2(3)4/h9-11,13-16,18-21,32,34,39,42-45,51,63H,6-8,12,17,22-31,56H2,1-5H3,(H2,57,65)(H,58,67)(H,60,66);1H3,(H,3,4)/t34-,39-,42-,43+,44+,45+,51-;/m1./s1. The minimum Gasteiger partial charge on any atom is -0.481 e. The lowest BCUT2D eigenvalue weighted by Crippen LogP contribution is -2.57. The van der Waals surface area contributed by atoms with Crippen LogP contribution in [-0.4, -0.2) is 104 Å². The first-order chi connectivity index (χ1) is 35.6. The molecule has 3 aliphatic heterocycles. The van der Waals surface area contributed by atoms with Crippen LogP contribution in [0.5, 0.6) is 0 Å². The Balaban J connectivity index is 0.00000220. The van der Waals surface area contributed by atoms with Gasteiger partial charge in [-0.1, -0.05) is 93.9 Å². The molecule has 0 spiro atoms. The Labute approximate surface area is 444 Å². The number of likely N-dealkylation sites (tertiary alicyclic amines) is 1. The first-order valence-electron chi connectivity index (χ1n) is 26.1. The summed E-state index contributed by atoms with van der Waals surface area (Å²) in [5, 5.41) is 24.0. The third-order valence-electron chi connectivity index (χ3n) is 14.4. The van der Waals surface area contributed by atoms with Crippen LogP contribution in [0.25, 0.3) is 10.4 Å². The largest absolute Gasteiger partial charge is 0.481 e. The molecule has 7 rings (SSSR count). The number of carbonyl (C=O) groups excluding carboxylic acids is 6. The third-order valence-corrected chi connectivity index (χ3v) is 15.4. The number of amides is 5. The fourth-order valence-corrected chi connectivity index (χ4v) is 11.0. The van der Waals surface area contributed by atoms with E-state index in [-0.39, 0.29) is 68.2 Å². The number of β-amino-alcohol motifs (C(OH)–C–C–N with tert-alkyl or cyclic N) is 1. The number of benzene rings is 3. The Morgan fingerprint density at radius 1 is 0.933 bits per heavy atom. The molecule has 0 aliphatic carbocycles. The number of unbranched alkanes of at least 4 members (excludes halogenated alkanes) is 2. The number of nitrogens with one attached hydrogen (secondary N) is 2. The number of ether oxygens (including phenoxy) is 1. The number of aliphatic hydroxyl groups is 1. The number of rotatable bonds is 22. The summed E-state index contributed by atoms with van der Waals surface area (Å²) in [7, 11) is 0. The number of hydrogen-bond acceptors (Lipinski definition) is 12. The highest BCUT2D eigenvalue weighted by Crippen LogP contribution is 2.40. The second-order valence-corrected chi connectivity index (χ2v) is 22.1. The molecule has 5 amide bonds. The van der Waals surface area contributed by atoms with E-state index in [1.54, 1.807) is 16.2 Å². The maximum absolute atomic E-state index is 14.2. The smallest absolute Gasteiger partial charge is 0.300 e. The van der Waals surface area contributed by atoms with Gasteiger partial charge in [-0.3, -0.25) is 38.5 Å². The molecule has 18 heteroatoms. The number of thiazole rings is 1. The lowest BCUT2D eigenvalue weighted by molar-refractivity contribution is -0.144. The summed E-state index contributed by atoms with van der Waals surface area (Å²) in [6.45, 7) is 11.1. The number of aryl methyl sites for hydroxylation is 3. The lowest BCUT2D eigenvalue weighted by atomic mass is 9.85. The number of Topliss-reactive ketones (excluding diaryl/α,β-unsaturated/α-hetero) is 1. The zero-order chi connectivity index (χ0) is 54.6. The summed E-state index contributed by atoms with van der Waals surface area (Å²) < 4.78 is 6.46. The molecule has 75 heavy (non-hydrogen) atoms. The maximum Gasteiger partial charge on any atom is 0.300 e. The van der Waals surface area contributed by atoms with Crippen molar-refractivity contribution in [3.63, 3.8) is 0 Å². The van der Waals surface area contributed by atoms with Gasteiger partial charge in [0.25, 0.3) is 5.97 Å². The van der Waals surface area contributed by atoms with E-state index in [9.17, 15) is 33.9 Å². The van der Waals surface area contributed by atoms with E-state index in [1.165, 1.54) is 4.90 Å². The second-order valence-electron chi connectivity index (χ2n) is 21.2. The molecular weight excluding hydrogens is 975 g/mol. The van der Waals surface area contributed by atoms with Crippen LogP contribution < -0.4 is 27.0 Å². The summed E-state index contributed by atoms with van der Waals surface area (Å²) in [4.78, 5) is 98.2. The number of anilines is 1. The monoisotopic (exact) mass is 1050 g/mol. The number of nitrogens with two attached hydrogens (primary N) is 2. The Kier molecular flexibility index (Phi) is 20.4. The Hall–Kier alpha value is -6.34. The fourth-order valence-electron chi connectivity index (χ4n) is 10.2. The molecule has 7 atom stereocenters. The average molecular weight is 1050 g/mol. The highest BCUT2D eigenvalue weighted by molar-refractivity contribution is 7.13. The summed E-state index contributed by atoms with van der Waals surface area (Å²) >= 11 is 1.57. The Bertz CT molecular complexity index is 2660. The number of hydrogen-bond donors (Lipinski definition) is 6. The average Bonchev–Trinajstić information content (AvgIpc) is 4.08. The molecule has 404 valence electrons. The van der Waals surface area contributed by atoms with E-state index < -0.39 is 59.6 Å². The zero-order valence-electron chi connectivity index (χ0n) is 44.1. The van der Waals surface area contributed by atoms with Gasteiger partial charge in [0.15, 0.2) is 5.78 Å². The summed E-state index contributed by atoms with van der Waals surface area (Å²) in [6, 6.07) is 18.7. The van der Waals surface area contributed by atoms with Crippen LogP contribution >= 0.6 is 11.3 Å². The SMILES string of the molecule is CC(=O)O.Cc1ncsc1-c1ccc(CNC(=O)[C@@H]2C[C@@H](O)CN2C(=O)[C@@H](NC(=O)CCCCCc2ccccc2CO[C@H](C)[C@H](CCC(N)=O)CC(=O)[C@@H]2Cc3cccc4c3N2C(=O)[C@@H](N)CC4)C(C)(C)C)cc1. The molecule has 0 radical (unpaired) electrons. The summed E-state index contributed by atoms with van der Waals surface area (Å²) in [6.07, 6.45) is 4.16. The van der Waals surface area contributed by atoms with Gasteiger partial charge < -0.3 is 42.0 Å².